The molecule has 0 saturated heterocycles. The molecule has 0 atom stereocenters. The molecule has 1 fully saturated rings. The van der Waals surface area contributed by atoms with Gasteiger partial charge in [0.1, 0.15) is 12.2 Å². The monoisotopic (exact) mass is 271 g/mol. The molecule has 1 saturated carbocycles. The maximum absolute atomic E-state index is 11.7. The first-order chi connectivity index (χ1) is 9.00. The second-order valence-electron chi connectivity index (χ2n) is 5.32. The first-order valence-corrected chi connectivity index (χ1v) is 7.12. The molecule has 0 aromatic carbocycles. The topological polar surface area (TPSA) is 64.6 Å². The van der Waals surface area contributed by atoms with Gasteiger partial charge in [-0.05, 0) is 31.6 Å². The summed E-state index contributed by atoms with van der Waals surface area (Å²) in [6.45, 7) is 6.38. The first-order valence-electron chi connectivity index (χ1n) is 7.12. The van der Waals surface area contributed by atoms with Gasteiger partial charge < -0.3 is 14.8 Å². The number of esters is 1. The Hall–Kier alpha value is -1.26. The highest BCUT2D eigenvalue weighted by molar-refractivity contribution is 5.69. The summed E-state index contributed by atoms with van der Waals surface area (Å²) in [7, 11) is 0. The largest absolute Gasteiger partial charge is 0.464 e. The number of hydrogen-bond acceptors (Lipinski definition) is 4. The summed E-state index contributed by atoms with van der Waals surface area (Å²) in [6, 6.07) is 0. The standard InChI is InChI=1S/C14H25NO4/c1-4-12(16)18-10-9-15-13(17)19-14(11(2)3)7-5-6-8-14/h11H,4-10H2,1-3H3,(H,15,17). The van der Waals surface area contributed by atoms with E-state index in [1.807, 2.05) is 0 Å². The third-order valence-corrected chi connectivity index (χ3v) is 3.72. The van der Waals surface area contributed by atoms with Gasteiger partial charge in [0.2, 0.25) is 0 Å². The smallest absolute Gasteiger partial charge is 0.407 e. The van der Waals surface area contributed by atoms with Gasteiger partial charge in [-0.25, -0.2) is 4.79 Å². The van der Waals surface area contributed by atoms with Gasteiger partial charge in [-0.1, -0.05) is 20.8 Å². The summed E-state index contributed by atoms with van der Waals surface area (Å²) < 4.78 is 10.5. The SMILES string of the molecule is CCC(=O)OCCNC(=O)OC1(C(C)C)CCCC1. The Balaban J connectivity index is 2.28. The van der Waals surface area contributed by atoms with E-state index in [1.165, 1.54) is 0 Å². The van der Waals surface area contributed by atoms with Crippen LogP contribution in [0.1, 0.15) is 52.9 Å². The Kier molecular flexibility index (Phi) is 6.12. The van der Waals surface area contributed by atoms with Crippen LogP contribution in [0.5, 0.6) is 0 Å². The van der Waals surface area contributed by atoms with Crippen LogP contribution in [0, 0.1) is 5.92 Å². The van der Waals surface area contributed by atoms with Crippen molar-refractivity contribution in [1.82, 2.24) is 5.32 Å². The molecule has 110 valence electrons. The number of ether oxygens (including phenoxy) is 2. The Morgan fingerprint density at radius 3 is 2.42 bits per heavy atom. The van der Waals surface area contributed by atoms with Crippen LogP contribution >= 0.6 is 0 Å². The Bertz CT molecular complexity index is 309. The summed E-state index contributed by atoms with van der Waals surface area (Å²) in [6.07, 6.45) is 4.02. The van der Waals surface area contributed by atoms with E-state index >= 15 is 0 Å². The average Bonchev–Trinajstić information content (AvgIpc) is 2.84. The van der Waals surface area contributed by atoms with E-state index in [2.05, 4.69) is 19.2 Å². The molecule has 1 N–H and O–H groups in total. The van der Waals surface area contributed by atoms with E-state index in [9.17, 15) is 9.59 Å². The zero-order valence-corrected chi connectivity index (χ0v) is 12.2. The number of carbonyl (C=O) groups is 2. The second-order valence-corrected chi connectivity index (χ2v) is 5.32. The lowest BCUT2D eigenvalue weighted by Crippen LogP contribution is -2.41. The average molecular weight is 271 g/mol. The van der Waals surface area contributed by atoms with Crippen LogP contribution in [0.4, 0.5) is 4.79 Å². The Morgan fingerprint density at radius 1 is 1.26 bits per heavy atom. The normalized spacial score (nSPS) is 17.3. The third kappa shape index (κ3) is 4.73. The van der Waals surface area contributed by atoms with Crippen LogP contribution in [-0.2, 0) is 14.3 Å². The minimum atomic E-state index is -0.414. The molecule has 5 nitrogen and oxygen atoms in total. The zero-order chi connectivity index (χ0) is 14.3. The van der Waals surface area contributed by atoms with Crippen LogP contribution in [-0.4, -0.2) is 30.8 Å². The van der Waals surface area contributed by atoms with Gasteiger partial charge in [-0.3, -0.25) is 4.79 Å². The van der Waals surface area contributed by atoms with Crippen LogP contribution in [0.2, 0.25) is 0 Å². The van der Waals surface area contributed by atoms with Crippen molar-refractivity contribution in [2.75, 3.05) is 13.2 Å². The van der Waals surface area contributed by atoms with E-state index in [1.54, 1.807) is 6.92 Å². The predicted molar refractivity (Wildman–Crippen MR) is 71.8 cm³/mol. The molecule has 0 heterocycles. The Labute approximate surface area is 115 Å². The number of amides is 1. The lowest BCUT2D eigenvalue weighted by Gasteiger charge is -2.33. The van der Waals surface area contributed by atoms with E-state index in [0.29, 0.717) is 18.9 Å². The van der Waals surface area contributed by atoms with Gasteiger partial charge in [0.25, 0.3) is 0 Å². The number of carbonyl (C=O) groups excluding carboxylic acids is 2. The van der Waals surface area contributed by atoms with Crippen molar-refractivity contribution in [3.63, 3.8) is 0 Å². The molecular weight excluding hydrogens is 246 g/mol. The lowest BCUT2D eigenvalue weighted by molar-refractivity contribution is -0.143. The van der Waals surface area contributed by atoms with Crippen molar-refractivity contribution in [3.8, 4) is 0 Å². The van der Waals surface area contributed by atoms with Crippen LogP contribution in [0.3, 0.4) is 0 Å². The third-order valence-electron chi connectivity index (χ3n) is 3.72. The summed E-state index contributed by atoms with van der Waals surface area (Å²) in [5, 5.41) is 2.63. The molecule has 1 amide bonds. The highest BCUT2D eigenvalue weighted by atomic mass is 16.6. The van der Waals surface area contributed by atoms with Gasteiger partial charge in [0, 0.05) is 6.42 Å². The van der Waals surface area contributed by atoms with Crippen molar-refractivity contribution in [2.24, 2.45) is 5.92 Å². The molecule has 0 bridgehead atoms. The van der Waals surface area contributed by atoms with Gasteiger partial charge in [0.05, 0.1) is 6.54 Å². The fourth-order valence-electron chi connectivity index (χ4n) is 2.41. The molecule has 0 aromatic rings. The van der Waals surface area contributed by atoms with Crippen molar-refractivity contribution in [2.45, 2.75) is 58.5 Å². The molecule has 0 unspecified atom stereocenters. The lowest BCUT2D eigenvalue weighted by atomic mass is 9.88. The molecule has 19 heavy (non-hydrogen) atoms. The van der Waals surface area contributed by atoms with E-state index in [-0.39, 0.29) is 18.2 Å². The van der Waals surface area contributed by atoms with E-state index < -0.39 is 6.09 Å². The van der Waals surface area contributed by atoms with Crippen LogP contribution in [0.15, 0.2) is 0 Å². The van der Waals surface area contributed by atoms with Gasteiger partial charge in [-0.2, -0.15) is 0 Å². The summed E-state index contributed by atoms with van der Waals surface area (Å²) in [4.78, 5) is 22.7. The predicted octanol–water partition coefficient (Wildman–Crippen LogP) is 2.63. The fourth-order valence-corrected chi connectivity index (χ4v) is 2.41. The maximum atomic E-state index is 11.7. The molecule has 1 aliphatic rings. The van der Waals surface area contributed by atoms with Crippen molar-refractivity contribution in [3.05, 3.63) is 0 Å². The highest BCUT2D eigenvalue weighted by Crippen LogP contribution is 2.39. The van der Waals surface area contributed by atoms with Crippen molar-refractivity contribution < 1.29 is 19.1 Å². The molecule has 1 aliphatic carbocycles. The summed E-state index contributed by atoms with van der Waals surface area (Å²) in [5.41, 5.74) is -0.315. The maximum Gasteiger partial charge on any atom is 0.407 e. The van der Waals surface area contributed by atoms with Gasteiger partial charge >= 0.3 is 12.1 Å². The number of rotatable bonds is 6. The molecule has 0 aliphatic heterocycles. The zero-order valence-electron chi connectivity index (χ0n) is 12.2. The molecule has 0 radical (unpaired) electrons. The molecule has 1 rings (SSSR count). The van der Waals surface area contributed by atoms with Gasteiger partial charge in [-0.15, -0.1) is 0 Å². The van der Waals surface area contributed by atoms with Crippen LogP contribution in [0.25, 0.3) is 0 Å². The van der Waals surface area contributed by atoms with E-state index in [0.717, 1.165) is 25.7 Å². The van der Waals surface area contributed by atoms with Crippen molar-refractivity contribution >= 4 is 12.1 Å². The number of nitrogens with one attached hydrogen (secondary N) is 1. The highest BCUT2D eigenvalue weighted by Gasteiger charge is 2.40. The summed E-state index contributed by atoms with van der Waals surface area (Å²) >= 11 is 0. The van der Waals surface area contributed by atoms with Gasteiger partial charge in [0.15, 0.2) is 0 Å². The second kappa shape index (κ2) is 7.36. The van der Waals surface area contributed by atoms with Crippen molar-refractivity contribution in [1.29, 1.82) is 0 Å². The fraction of sp³-hybridized carbons (Fsp3) is 0.857. The molecular formula is C14H25NO4. The Morgan fingerprint density at radius 2 is 1.89 bits per heavy atom. The quantitative estimate of drug-likeness (QED) is 0.596. The minimum Gasteiger partial charge on any atom is -0.464 e. The van der Waals surface area contributed by atoms with Crippen LogP contribution < -0.4 is 5.32 Å². The minimum absolute atomic E-state index is 0.191. The van der Waals surface area contributed by atoms with E-state index in [4.69, 9.17) is 9.47 Å². The number of hydrogen-bond donors (Lipinski definition) is 1. The first kappa shape index (κ1) is 15.8. The number of alkyl carbamates (subject to hydrolysis) is 1. The molecule has 5 heteroatoms. The molecule has 0 aromatic heterocycles. The molecule has 0 spiro atoms. The summed E-state index contributed by atoms with van der Waals surface area (Å²) in [5.74, 6) is 0.0586.